The van der Waals surface area contributed by atoms with Crippen molar-refractivity contribution >= 4 is 11.7 Å². The van der Waals surface area contributed by atoms with Gasteiger partial charge >= 0.3 is 0 Å². The van der Waals surface area contributed by atoms with Gasteiger partial charge in [0.2, 0.25) is 5.78 Å². The molecule has 2 aromatic rings. The molecule has 0 aliphatic rings. The molecule has 110 valence electrons. The van der Waals surface area contributed by atoms with Crippen molar-refractivity contribution in [2.75, 3.05) is 14.1 Å². The summed E-state index contributed by atoms with van der Waals surface area (Å²) in [4.78, 5) is 37.1. The van der Waals surface area contributed by atoms with Crippen LogP contribution in [0.2, 0.25) is 0 Å². The predicted molar refractivity (Wildman–Crippen MR) is 76.5 cm³/mol. The van der Waals surface area contributed by atoms with Crippen LogP contribution in [-0.2, 0) is 6.54 Å². The number of furan rings is 1. The van der Waals surface area contributed by atoms with Crippen LogP contribution in [0.15, 0.2) is 39.7 Å². The lowest BCUT2D eigenvalue weighted by Gasteiger charge is -2.11. The van der Waals surface area contributed by atoms with E-state index < -0.39 is 0 Å². The van der Waals surface area contributed by atoms with Crippen molar-refractivity contribution in [1.82, 2.24) is 9.47 Å². The van der Waals surface area contributed by atoms with Gasteiger partial charge in [-0.25, -0.2) is 0 Å². The molecule has 0 aliphatic heterocycles. The number of rotatable bonds is 4. The summed E-state index contributed by atoms with van der Waals surface area (Å²) >= 11 is 0. The van der Waals surface area contributed by atoms with Gasteiger partial charge in [0, 0.05) is 26.4 Å². The molecule has 0 unspecified atom stereocenters. The first-order valence-electron chi connectivity index (χ1n) is 6.40. The van der Waals surface area contributed by atoms with Crippen molar-refractivity contribution in [2.24, 2.45) is 0 Å². The molecule has 0 atom stereocenters. The Hall–Kier alpha value is -2.63. The molecule has 0 spiro atoms. The lowest BCUT2D eigenvalue weighted by Crippen LogP contribution is -2.27. The van der Waals surface area contributed by atoms with Gasteiger partial charge in [0.1, 0.15) is 5.76 Å². The fourth-order valence-corrected chi connectivity index (χ4v) is 1.86. The highest BCUT2D eigenvalue weighted by atomic mass is 16.3. The van der Waals surface area contributed by atoms with Crippen molar-refractivity contribution < 1.29 is 14.0 Å². The van der Waals surface area contributed by atoms with Crippen molar-refractivity contribution in [3.05, 3.63) is 57.9 Å². The molecule has 0 saturated heterocycles. The van der Waals surface area contributed by atoms with Crippen LogP contribution in [0.3, 0.4) is 0 Å². The number of carbonyl (C=O) groups excluding carboxylic acids is 2. The van der Waals surface area contributed by atoms with Gasteiger partial charge in [-0.15, -0.1) is 0 Å². The third-order valence-electron chi connectivity index (χ3n) is 2.97. The molecule has 0 aromatic carbocycles. The largest absolute Gasteiger partial charge is 0.458 e. The second kappa shape index (κ2) is 5.78. The summed E-state index contributed by atoms with van der Waals surface area (Å²) in [6, 6.07) is 5.97. The minimum atomic E-state index is -0.345. The molecular formula is C15H16N2O4. The second-order valence-electron chi connectivity index (χ2n) is 4.92. The van der Waals surface area contributed by atoms with E-state index in [0.29, 0.717) is 11.3 Å². The van der Waals surface area contributed by atoms with Gasteiger partial charge in [-0.2, -0.15) is 0 Å². The first-order chi connectivity index (χ1) is 9.88. The van der Waals surface area contributed by atoms with Gasteiger partial charge in [0.05, 0.1) is 12.1 Å². The van der Waals surface area contributed by atoms with Crippen LogP contribution in [0, 0.1) is 6.92 Å². The van der Waals surface area contributed by atoms with E-state index in [4.69, 9.17) is 4.42 Å². The molecule has 1 amide bonds. The average molecular weight is 288 g/mol. The van der Waals surface area contributed by atoms with E-state index in [9.17, 15) is 14.4 Å². The molecular weight excluding hydrogens is 272 g/mol. The summed E-state index contributed by atoms with van der Waals surface area (Å²) in [7, 11) is 3.24. The molecule has 2 heterocycles. The molecule has 0 bridgehead atoms. The number of pyridine rings is 1. The smallest absolute Gasteiger partial charge is 0.254 e. The summed E-state index contributed by atoms with van der Waals surface area (Å²) in [5.74, 6) is 0.274. The van der Waals surface area contributed by atoms with Crippen molar-refractivity contribution in [3.8, 4) is 0 Å². The van der Waals surface area contributed by atoms with Crippen LogP contribution in [0.4, 0.5) is 0 Å². The molecule has 0 fully saturated rings. The Bertz CT molecular complexity index is 740. The third-order valence-corrected chi connectivity index (χ3v) is 2.97. The van der Waals surface area contributed by atoms with Gasteiger partial charge in [0.25, 0.3) is 11.5 Å². The SMILES string of the molecule is Cc1ccc(C(=O)Cn2cc(C(=O)N(C)C)ccc2=O)o1. The molecule has 2 aromatic heterocycles. The van der Waals surface area contributed by atoms with E-state index in [1.165, 1.54) is 27.8 Å². The molecule has 6 nitrogen and oxygen atoms in total. The standard InChI is InChI=1S/C15H16N2O4/c1-10-4-6-13(21-10)12(18)9-17-8-11(5-7-14(17)19)15(20)16(2)3/h4-8H,9H2,1-3H3. The number of ketones is 1. The third kappa shape index (κ3) is 3.28. The zero-order chi connectivity index (χ0) is 15.6. The zero-order valence-corrected chi connectivity index (χ0v) is 12.1. The Labute approximate surface area is 121 Å². The van der Waals surface area contributed by atoms with Crippen LogP contribution < -0.4 is 5.56 Å². The molecule has 6 heteroatoms. The molecule has 0 N–H and O–H groups in total. The van der Waals surface area contributed by atoms with Gasteiger partial charge in [-0.3, -0.25) is 14.4 Å². The normalized spacial score (nSPS) is 10.4. The van der Waals surface area contributed by atoms with Crippen LogP contribution in [0.5, 0.6) is 0 Å². The highest BCUT2D eigenvalue weighted by Gasteiger charge is 2.14. The van der Waals surface area contributed by atoms with Crippen molar-refractivity contribution in [2.45, 2.75) is 13.5 Å². The molecule has 0 saturated carbocycles. The Morgan fingerprint density at radius 2 is 1.90 bits per heavy atom. The first-order valence-corrected chi connectivity index (χ1v) is 6.40. The lowest BCUT2D eigenvalue weighted by atomic mass is 10.2. The summed E-state index contributed by atoms with van der Waals surface area (Å²) < 4.78 is 6.44. The number of carbonyl (C=O) groups is 2. The van der Waals surface area contributed by atoms with Crippen molar-refractivity contribution in [3.63, 3.8) is 0 Å². The topological polar surface area (TPSA) is 72.5 Å². The van der Waals surface area contributed by atoms with Gasteiger partial charge in [-0.05, 0) is 25.1 Å². The van der Waals surface area contributed by atoms with Crippen LogP contribution in [0.25, 0.3) is 0 Å². The van der Waals surface area contributed by atoms with E-state index >= 15 is 0 Å². The number of amides is 1. The molecule has 21 heavy (non-hydrogen) atoms. The Balaban J connectivity index is 2.27. The predicted octanol–water partition coefficient (Wildman–Crippen LogP) is 1.33. The van der Waals surface area contributed by atoms with Crippen LogP contribution in [-0.4, -0.2) is 35.3 Å². The van der Waals surface area contributed by atoms with E-state index in [1.807, 2.05) is 0 Å². The van der Waals surface area contributed by atoms with E-state index in [-0.39, 0.29) is 29.6 Å². The minimum Gasteiger partial charge on any atom is -0.458 e. The zero-order valence-electron chi connectivity index (χ0n) is 12.1. The Morgan fingerprint density at radius 1 is 1.19 bits per heavy atom. The quantitative estimate of drug-likeness (QED) is 0.796. The fraction of sp³-hybridized carbons (Fsp3) is 0.267. The van der Waals surface area contributed by atoms with E-state index in [1.54, 1.807) is 33.2 Å². The lowest BCUT2D eigenvalue weighted by molar-refractivity contribution is 0.0824. The molecule has 0 aliphatic carbocycles. The first kappa shape index (κ1) is 14.8. The summed E-state index contributed by atoms with van der Waals surface area (Å²) in [5, 5.41) is 0. The number of aryl methyl sites for hydroxylation is 1. The highest BCUT2D eigenvalue weighted by molar-refractivity contribution is 5.94. The monoisotopic (exact) mass is 288 g/mol. The Morgan fingerprint density at radius 3 is 2.48 bits per heavy atom. The number of Topliss-reactive ketones (excluding diaryl/α,β-unsaturated/α-hetero) is 1. The molecule has 2 rings (SSSR count). The molecule has 0 radical (unpaired) electrons. The maximum Gasteiger partial charge on any atom is 0.254 e. The number of nitrogens with zero attached hydrogens (tertiary/aromatic N) is 2. The summed E-state index contributed by atoms with van der Waals surface area (Å²) in [5.41, 5.74) is 0.00459. The van der Waals surface area contributed by atoms with Crippen LogP contribution >= 0.6 is 0 Å². The van der Waals surface area contributed by atoms with Gasteiger partial charge in [-0.1, -0.05) is 0 Å². The fourth-order valence-electron chi connectivity index (χ4n) is 1.86. The summed E-state index contributed by atoms with van der Waals surface area (Å²) in [6.07, 6.45) is 1.39. The Kier molecular flexibility index (Phi) is 4.07. The van der Waals surface area contributed by atoms with Crippen LogP contribution in [0.1, 0.15) is 26.7 Å². The highest BCUT2D eigenvalue weighted by Crippen LogP contribution is 2.08. The number of aromatic nitrogens is 1. The van der Waals surface area contributed by atoms with E-state index in [0.717, 1.165) is 0 Å². The second-order valence-corrected chi connectivity index (χ2v) is 4.92. The van der Waals surface area contributed by atoms with Gasteiger partial charge < -0.3 is 13.9 Å². The number of hydrogen-bond acceptors (Lipinski definition) is 4. The maximum atomic E-state index is 12.0. The maximum absolute atomic E-state index is 12.0. The van der Waals surface area contributed by atoms with Crippen molar-refractivity contribution in [1.29, 1.82) is 0 Å². The summed E-state index contributed by atoms with van der Waals surface area (Å²) in [6.45, 7) is 1.57. The van der Waals surface area contributed by atoms with Gasteiger partial charge in [0.15, 0.2) is 5.76 Å². The number of hydrogen-bond donors (Lipinski definition) is 0. The minimum absolute atomic E-state index is 0.166. The average Bonchev–Trinajstić information content (AvgIpc) is 2.87. The van der Waals surface area contributed by atoms with E-state index in [2.05, 4.69) is 0 Å².